The van der Waals surface area contributed by atoms with E-state index >= 15 is 0 Å². The summed E-state index contributed by atoms with van der Waals surface area (Å²) in [4.78, 5) is 23.0. The molecule has 1 aromatic carbocycles. The first-order valence-corrected chi connectivity index (χ1v) is 6.54. The number of rotatable bonds is 4. The van der Waals surface area contributed by atoms with E-state index in [0.29, 0.717) is 28.6 Å². The third-order valence-electron chi connectivity index (χ3n) is 3.16. The van der Waals surface area contributed by atoms with Gasteiger partial charge in [-0.25, -0.2) is 0 Å². The van der Waals surface area contributed by atoms with Crippen molar-refractivity contribution in [1.29, 1.82) is 0 Å². The zero-order valence-corrected chi connectivity index (χ0v) is 11.2. The molecule has 6 heteroatoms. The van der Waals surface area contributed by atoms with Crippen LogP contribution in [0.1, 0.15) is 23.2 Å². The molecule has 0 saturated carbocycles. The summed E-state index contributed by atoms with van der Waals surface area (Å²) in [5.41, 5.74) is 5.94. The Morgan fingerprint density at radius 2 is 2.26 bits per heavy atom. The van der Waals surface area contributed by atoms with Crippen molar-refractivity contribution < 1.29 is 9.59 Å². The standard InChI is InChI=1S/C13H16ClN3O2/c14-10-2-1-9(13(15)19)6-11(10)17-12(18)5-8-3-4-16-7-8/h1-2,6,8,16H,3-5,7H2,(H2,15,19)(H,17,18). The molecule has 0 bridgehead atoms. The van der Waals surface area contributed by atoms with Crippen molar-refractivity contribution >= 4 is 29.1 Å². The molecule has 1 aromatic rings. The lowest BCUT2D eigenvalue weighted by Gasteiger charge is -2.11. The van der Waals surface area contributed by atoms with Gasteiger partial charge in [0, 0.05) is 12.0 Å². The van der Waals surface area contributed by atoms with E-state index in [4.69, 9.17) is 17.3 Å². The van der Waals surface area contributed by atoms with Crippen LogP contribution < -0.4 is 16.4 Å². The number of nitrogens with two attached hydrogens (primary N) is 1. The first kappa shape index (κ1) is 13.8. The quantitative estimate of drug-likeness (QED) is 0.779. The predicted octanol–water partition coefficient (Wildman–Crippen LogP) is 1.38. The maximum Gasteiger partial charge on any atom is 0.248 e. The minimum absolute atomic E-state index is 0.0998. The van der Waals surface area contributed by atoms with Crippen LogP contribution in [0.5, 0.6) is 0 Å². The Kier molecular flexibility index (Phi) is 4.39. The molecule has 5 nitrogen and oxygen atoms in total. The maximum absolute atomic E-state index is 11.9. The summed E-state index contributed by atoms with van der Waals surface area (Å²) in [6.45, 7) is 1.82. The highest BCUT2D eigenvalue weighted by Crippen LogP contribution is 2.24. The maximum atomic E-state index is 11.9. The van der Waals surface area contributed by atoms with Gasteiger partial charge in [-0.3, -0.25) is 9.59 Å². The number of carbonyl (C=O) groups excluding carboxylic acids is 2. The molecule has 0 radical (unpaired) electrons. The molecule has 1 heterocycles. The lowest BCUT2D eigenvalue weighted by atomic mass is 10.0. The van der Waals surface area contributed by atoms with Gasteiger partial charge in [-0.15, -0.1) is 0 Å². The zero-order valence-electron chi connectivity index (χ0n) is 10.4. The number of benzene rings is 1. The second-order valence-corrected chi connectivity index (χ2v) is 5.08. The molecule has 0 spiro atoms. The SMILES string of the molecule is NC(=O)c1ccc(Cl)c(NC(=O)CC2CCNC2)c1. The average Bonchev–Trinajstić information content (AvgIpc) is 2.84. The first-order valence-electron chi connectivity index (χ1n) is 6.16. The Hall–Kier alpha value is -1.59. The fourth-order valence-corrected chi connectivity index (χ4v) is 2.29. The van der Waals surface area contributed by atoms with Crippen LogP contribution in [0.3, 0.4) is 0 Å². The summed E-state index contributed by atoms with van der Waals surface area (Å²) in [6, 6.07) is 4.57. The molecule has 1 saturated heterocycles. The molecule has 4 N–H and O–H groups in total. The van der Waals surface area contributed by atoms with Gasteiger partial charge in [0.05, 0.1) is 10.7 Å². The number of nitrogens with one attached hydrogen (secondary N) is 2. The third-order valence-corrected chi connectivity index (χ3v) is 3.49. The van der Waals surface area contributed by atoms with E-state index in [1.165, 1.54) is 12.1 Å². The highest BCUT2D eigenvalue weighted by molar-refractivity contribution is 6.33. The molecule has 1 unspecified atom stereocenters. The third kappa shape index (κ3) is 3.68. The van der Waals surface area contributed by atoms with Crippen molar-refractivity contribution in [3.8, 4) is 0 Å². The van der Waals surface area contributed by atoms with Crippen LogP contribution in [-0.2, 0) is 4.79 Å². The van der Waals surface area contributed by atoms with Crippen LogP contribution in [0.25, 0.3) is 0 Å². The van der Waals surface area contributed by atoms with E-state index in [0.717, 1.165) is 19.5 Å². The van der Waals surface area contributed by atoms with Crippen molar-refractivity contribution in [2.75, 3.05) is 18.4 Å². The molecule has 1 aliphatic heterocycles. The van der Waals surface area contributed by atoms with Crippen LogP contribution in [0.2, 0.25) is 5.02 Å². The molecule has 2 amide bonds. The predicted molar refractivity (Wildman–Crippen MR) is 74.2 cm³/mol. The zero-order chi connectivity index (χ0) is 13.8. The Balaban J connectivity index is 2.02. The second-order valence-electron chi connectivity index (χ2n) is 4.67. The largest absolute Gasteiger partial charge is 0.366 e. The molecule has 19 heavy (non-hydrogen) atoms. The number of amides is 2. The van der Waals surface area contributed by atoms with Gasteiger partial charge < -0.3 is 16.4 Å². The lowest BCUT2D eigenvalue weighted by molar-refractivity contribution is -0.116. The van der Waals surface area contributed by atoms with E-state index in [2.05, 4.69) is 10.6 Å². The summed E-state index contributed by atoms with van der Waals surface area (Å²) in [5.74, 6) is -0.289. The molecule has 0 aromatic heterocycles. The van der Waals surface area contributed by atoms with Crippen molar-refractivity contribution in [2.45, 2.75) is 12.8 Å². The van der Waals surface area contributed by atoms with Crippen molar-refractivity contribution in [2.24, 2.45) is 11.7 Å². The summed E-state index contributed by atoms with van der Waals surface area (Å²) < 4.78 is 0. The highest BCUT2D eigenvalue weighted by Gasteiger charge is 2.18. The molecule has 1 fully saturated rings. The Morgan fingerprint density at radius 3 is 2.89 bits per heavy atom. The van der Waals surface area contributed by atoms with E-state index in [1.807, 2.05) is 0 Å². The molecule has 1 aliphatic rings. The van der Waals surface area contributed by atoms with Gasteiger partial charge in [-0.05, 0) is 43.6 Å². The monoisotopic (exact) mass is 281 g/mol. The van der Waals surface area contributed by atoms with Gasteiger partial charge in [-0.2, -0.15) is 0 Å². The smallest absolute Gasteiger partial charge is 0.248 e. The van der Waals surface area contributed by atoms with Crippen LogP contribution in [0.4, 0.5) is 5.69 Å². The Labute approximate surface area is 116 Å². The van der Waals surface area contributed by atoms with Crippen LogP contribution in [0.15, 0.2) is 18.2 Å². The Morgan fingerprint density at radius 1 is 1.47 bits per heavy atom. The number of hydrogen-bond acceptors (Lipinski definition) is 3. The van der Waals surface area contributed by atoms with Gasteiger partial charge in [-0.1, -0.05) is 11.6 Å². The number of carbonyl (C=O) groups is 2. The van der Waals surface area contributed by atoms with Crippen LogP contribution in [-0.4, -0.2) is 24.9 Å². The lowest BCUT2D eigenvalue weighted by Crippen LogP contribution is -2.19. The van der Waals surface area contributed by atoms with Crippen LogP contribution in [0, 0.1) is 5.92 Å². The normalized spacial score (nSPS) is 18.3. The Bertz CT molecular complexity index is 499. The summed E-state index contributed by atoms with van der Waals surface area (Å²) in [5, 5.41) is 6.33. The number of halogens is 1. The topological polar surface area (TPSA) is 84.2 Å². The van der Waals surface area contributed by atoms with E-state index in [-0.39, 0.29) is 5.91 Å². The number of primary amides is 1. The van der Waals surface area contributed by atoms with Gasteiger partial charge >= 0.3 is 0 Å². The fraction of sp³-hybridized carbons (Fsp3) is 0.385. The molecule has 2 rings (SSSR count). The number of hydrogen-bond donors (Lipinski definition) is 3. The molecule has 0 aliphatic carbocycles. The highest BCUT2D eigenvalue weighted by atomic mass is 35.5. The molecule has 1 atom stereocenters. The summed E-state index contributed by atoms with van der Waals surface area (Å²) in [7, 11) is 0. The van der Waals surface area contributed by atoms with E-state index in [9.17, 15) is 9.59 Å². The number of anilines is 1. The minimum atomic E-state index is -0.549. The van der Waals surface area contributed by atoms with Gasteiger partial charge in [0.2, 0.25) is 11.8 Å². The minimum Gasteiger partial charge on any atom is -0.366 e. The van der Waals surface area contributed by atoms with E-state index in [1.54, 1.807) is 6.07 Å². The van der Waals surface area contributed by atoms with Gasteiger partial charge in [0.15, 0.2) is 0 Å². The second kappa shape index (κ2) is 6.04. The average molecular weight is 282 g/mol. The fourth-order valence-electron chi connectivity index (χ4n) is 2.13. The van der Waals surface area contributed by atoms with Crippen molar-refractivity contribution in [3.05, 3.63) is 28.8 Å². The van der Waals surface area contributed by atoms with Crippen molar-refractivity contribution in [3.63, 3.8) is 0 Å². The first-order chi connectivity index (χ1) is 9.06. The van der Waals surface area contributed by atoms with Crippen molar-refractivity contribution in [1.82, 2.24) is 5.32 Å². The van der Waals surface area contributed by atoms with Gasteiger partial charge in [0.25, 0.3) is 0 Å². The summed E-state index contributed by atoms with van der Waals surface area (Å²) in [6.07, 6.45) is 1.45. The molecular weight excluding hydrogens is 266 g/mol. The van der Waals surface area contributed by atoms with E-state index < -0.39 is 5.91 Å². The summed E-state index contributed by atoms with van der Waals surface area (Å²) >= 11 is 5.98. The van der Waals surface area contributed by atoms with Crippen LogP contribution >= 0.6 is 11.6 Å². The molecular formula is C13H16ClN3O2. The molecule has 102 valence electrons. The van der Waals surface area contributed by atoms with Gasteiger partial charge in [0.1, 0.15) is 0 Å².